The van der Waals surface area contributed by atoms with Gasteiger partial charge in [-0.2, -0.15) is 31.4 Å². The molecular formula is C23H26F6N6O5. The molecule has 1 unspecified atom stereocenters. The van der Waals surface area contributed by atoms with Gasteiger partial charge in [-0.25, -0.2) is 14.6 Å². The van der Waals surface area contributed by atoms with Gasteiger partial charge in [0.15, 0.2) is 0 Å². The van der Waals surface area contributed by atoms with Crippen molar-refractivity contribution in [1.29, 1.82) is 0 Å². The Hall–Kier alpha value is -3.99. The molecule has 0 fully saturated rings. The molecular weight excluding hydrogens is 554 g/mol. The zero-order valence-electron chi connectivity index (χ0n) is 21.0. The average Bonchev–Trinajstić information content (AvgIpc) is 3.43. The lowest BCUT2D eigenvalue weighted by molar-refractivity contribution is -0.193. The number of alkyl halides is 6. The Labute approximate surface area is 223 Å². The second-order valence-corrected chi connectivity index (χ2v) is 8.50. The number of nitrogens with zero attached hydrogens (tertiary/aromatic N) is 6. The van der Waals surface area contributed by atoms with Crippen LogP contribution in [-0.2, 0) is 47.6 Å². The first-order valence-corrected chi connectivity index (χ1v) is 11.4. The van der Waals surface area contributed by atoms with Crippen molar-refractivity contribution >= 4 is 11.9 Å². The van der Waals surface area contributed by atoms with Crippen molar-refractivity contribution in [3.05, 3.63) is 66.3 Å². The lowest BCUT2D eigenvalue weighted by atomic mass is 10.1. The van der Waals surface area contributed by atoms with E-state index in [0.717, 1.165) is 37.7 Å². The van der Waals surface area contributed by atoms with Crippen molar-refractivity contribution in [1.82, 2.24) is 29.2 Å². The van der Waals surface area contributed by atoms with Crippen molar-refractivity contribution < 1.29 is 50.9 Å². The molecule has 4 heterocycles. The van der Waals surface area contributed by atoms with E-state index in [1.54, 1.807) is 6.20 Å². The zero-order chi connectivity index (χ0) is 29.9. The van der Waals surface area contributed by atoms with Crippen molar-refractivity contribution in [2.75, 3.05) is 13.2 Å². The molecule has 0 saturated carbocycles. The number of hydrogen-bond acceptors (Lipinski definition) is 7. The first-order chi connectivity index (χ1) is 18.6. The minimum Gasteiger partial charge on any atom is -0.475 e. The summed E-state index contributed by atoms with van der Waals surface area (Å²) < 4.78 is 73.5. The molecule has 4 rings (SSSR count). The molecule has 2 N–H and O–H groups in total. The maximum atomic E-state index is 10.6. The van der Waals surface area contributed by atoms with Crippen LogP contribution in [0.2, 0.25) is 0 Å². The Kier molecular flexibility index (Phi) is 11.6. The Balaban J connectivity index is 0.000000333. The van der Waals surface area contributed by atoms with Crippen molar-refractivity contribution in [3.63, 3.8) is 0 Å². The van der Waals surface area contributed by atoms with Crippen LogP contribution < -0.4 is 0 Å². The second kappa shape index (κ2) is 14.4. The van der Waals surface area contributed by atoms with Crippen LogP contribution in [0, 0.1) is 5.92 Å². The lowest BCUT2D eigenvalue weighted by Crippen LogP contribution is -2.30. The number of carboxylic acid groups (broad SMARTS) is 2. The Bertz CT molecular complexity index is 1190. The molecule has 1 aliphatic heterocycles. The van der Waals surface area contributed by atoms with Crippen LogP contribution in [0.1, 0.15) is 17.1 Å². The van der Waals surface area contributed by atoms with Gasteiger partial charge in [-0.15, -0.1) is 0 Å². The predicted molar refractivity (Wildman–Crippen MR) is 124 cm³/mol. The van der Waals surface area contributed by atoms with Gasteiger partial charge >= 0.3 is 24.3 Å². The molecule has 0 saturated heterocycles. The summed E-state index contributed by atoms with van der Waals surface area (Å²) >= 11 is 0. The standard InChI is InChI=1S/C19H24N6O.2C2HF3O2/c1-23-9-16(8-22-23)10-24-11-17(12-25-7-6-21-19(25)13-24)14-26-15-18-4-2-3-5-20-18;2*3-2(4,5)1(6)7/h2-9,17H,10-15H2,1H3;2*(H,6,7). The molecule has 0 bridgehead atoms. The number of ether oxygens (including phenoxy) is 1. The van der Waals surface area contributed by atoms with E-state index in [4.69, 9.17) is 24.5 Å². The molecule has 0 spiro atoms. The number of pyridine rings is 1. The fourth-order valence-electron chi connectivity index (χ4n) is 3.47. The minimum absolute atomic E-state index is 0.408. The number of carbonyl (C=O) groups is 2. The van der Waals surface area contributed by atoms with E-state index in [0.29, 0.717) is 19.1 Å². The Morgan fingerprint density at radius 2 is 1.68 bits per heavy atom. The van der Waals surface area contributed by atoms with E-state index in [2.05, 4.69) is 36.9 Å². The van der Waals surface area contributed by atoms with Crippen LogP contribution in [0.5, 0.6) is 0 Å². The van der Waals surface area contributed by atoms with E-state index in [1.165, 1.54) is 5.56 Å². The molecule has 1 atom stereocenters. The largest absolute Gasteiger partial charge is 0.490 e. The highest BCUT2D eigenvalue weighted by atomic mass is 19.4. The number of hydrogen-bond donors (Lipinski definition) is 2. The van der Waals surface area contributed by atoms with Crippen molar-refractivity contribution in [3.8, 4) is 0 Å². The number of fused-ring (bicyclic) bond motifs is 1. The Morgan fingerprint density at radius 1 is 1.02 bits per heavy atom. The van der Waals surface area contributed by atoms with E-state index in [1.807, 2.05) is 42.3 Å². The van der Waals surface area contributed by atoms with E-state index in [9.17, 15) is 26.3 Å². The average molecular weight is 580 g/mol. The SMILES string of the molecule is Cn1cc(CN2Cc3nccn3CC(COCc3ccccn3)C2)cn1.O=C(O)C(F)(F)F.O=C(O)C(F)(F)F. The van der Waals surface area contributed by atoms with Crippen LogP contribution in [0.4, 0.5) is 26.3 Å². The molecule has 3 aromatic rings. The van der Waals surface area contributed by atoms with Crippen molar-refractivity contribution in [2.45, 2.75) is 38.6 Å². The highest BCUT2D eigenvalue weighted by molar-refractivity contribution is 5.73. The summed E-state index contributed by atoms with van der Waals surface area (Å²) in [5.74, 6) is -3.99. The van der Waals surface area contributed by atoms with Gasteiger partial charge in [0.2, 0.25) is 0 Å². The van der Waals surface area contributed by atoms with Gasteiger partial charge in [0, 0.05) is 63.0 Å². The fourth-order valence-corrected chi connectivity index (χ4v) is 3.47. The van der Waals surface area contributed by atoms with Crippen LogP contribution in [0.25, 0.3) is 0 Å². The smallest absolute Gasteiger partial charge is 0.475 e. The third-order valence-electron chi connectivity index (χ3n) is 5.12. The molecule has 3 aromatic heterocycles. The fraction of sp³-hybridized carbons (Fsp3) is 0.435. The number of aromatic nitrogens is 5. The maximum Gasteiger partial charge on any atom is 0.490 e. The molecule has 40 heavy (non-hydrogen) atoms. The van der Waals surface area contributed by atoms with Gasteiger partial charge in [-0.05, 0) is 12.1 Å². The summed E-state index contributed by atoms with van der Waals surface area (Å²) in [6.07, 6.45) is -0.408. The topological polar surface area (TPSA) is 136 Å². The quantitative estimate of drug-likeness (QED) is 0.422. The van der Waals surface area contributed by atoms with Gasteiger partial charge in [0.1, 0.15) is 5.82 Å². The van der Waals surface area contributed by atoms with Crippen LogP contribution in [0.3, 0.4) is 0 Å². The predicted octanol–water partition coefficient (Wildman–Crippen LogP) is 3.13. The number of aliphatic carboxylic acids is 2. The van der Waals surface area contributed by atoms with Crippen molar-refractivity contribution in [2.24, 2.45) is 13.0 Å². The monoisotopic (exact) mass is 580 g/mol. The summed E-state index contributed by atoms with van der Waals surface area (Å²) in [5.41, 5.74) is 2.19. The third kappa shape index (κ3) is 11.4. The molecule has 17 heteroatoms. The molecule has 0 amide bonds. The number of halogens is 6. The van der Waals surface area contributed by atoms with Gasteiger partial charge in [-0.1, -0.05) is 6.07 Å². The summed E-state index contributed by atoms with van der Waals surface area (Å²) in [4.78, 5) is 29.1. The molecule has 0 aliphatic carbocycles. The Morgan fingerprint density at radius 3 is 2.20 bits per heavy atom. The summed E-state index contributed by atoms with van der Waals surface area (Å²) in [7, 11) is 1.95. The highest BCUT2D eigenvalue weighted by Crippen LogP contribution is 2.18. The third-order valence-corrected chi connectivity index (χ3v) is 5.12. The highest BCUT2D eigenvalue weighted by Gasteiger charge is 2.38. The lowest BCUT2D eigenvalue weighted by Gasteiger charge is -2.23. The first kappa shape index (κ1) is 32.2. The van der Waals surface area contributed by atoms with Gasteiger partial charge < -0.3 is 19.5 Å². The number of imidazole rings is 1. The summed E-state index contributed by atoms with van der Waals surface area (Å²) in [6, 6.07) is 5.91. The normalized spacial score (nSPS) is 15.5. The van der Waals surface area contributed by atoms with Crippen LogP contribution in [0.15, 0.2) is 49.2 Å². The van der Waals surface area contributed by atoms with Gasteiger partial charge in [0.25, 0.3) is 0 Å². The van der Waals surface area contributed by atoms with E-state index < -0.39 is 24.3 Å². The molecule has 220 valence electrons. The molecule has 0 radical (unpaired) electrons. The molecule has 11 nitrogen and oxygen atoms in total. The van der Waals surface area contributed by atoms with E-state index in [-0.39, 0.29) is 0 Å². The van der Waals surface area contributed by atoms with E-state index >= 15 is 0 Å². The number of rotatable bonds is 6. The first-order valence-electron chi connectivity index (χ1n) is 11.4. The zero-order valence-corrected chi connectivity index (χ0v) is 21.0. The molecule has 0 aromatic carbocycles. The molecule has 1 aliphatic rings. The number of aryl methyl sites for hydroxylation is 1. The van der Waals surface area contributed by atoms with Crippen LogP contribution >= 0.6 is 0 Å². The van der Waals surface area contributed by atoms with Gasteiger partial charge in [-0.3, -0.25) is 14.6 Å². The van der Waals surface area contributed by atoms with Crippen LogP contribution in [-0.4, -0.2) is 76.9 Å². The van der Waals surface area contributed by atoms with Gasteiger partial charge in [0.05, 0.1) is 31.6 Å². The summed E-state index contributed by atoms with van der Waals surface area (Å²) in [6.45, 7) is 4.88. The summed E-state index contributed by atoms with van der Waals surface area (Å²) in [5, 5.41) is 18.5. The number of carboxylic acids is 2. The minimum atomic E-state index is -5.08. The second-order valence-electron chi connectivity index (χ2n) is 8.50. The maximum absolute atomic E-state index is 10.6.